The number of anilines is 1. The van der Waals surface area contributed by atoms with E-state index >= 15 is 0 Å². The zero-order valence-corrected chi connectivity index (χ0v) is 10.5. The molecule has 1 atom stereocenters. The van der Waals surface area contributed by atoms with Gasteiger partial charge in [0.05, 0.1) is 23.7 Å². The van der Waals surface area contributed by atoms with E-state index in [2.05, 4.69) is 5.32 Å². The van der Waals surface area contributed by atoms with Crippen molar-refractivity contribution in [3.63, 3.8) is 0 Å². The first-order valence-electron chi connectivity index (χ1n) is 5.49. The Kier molecular flexibility index (Phi) is 3.54. The van der Waals surface area contributed by atoms with Crippen molar-refractivity contribution in [2.45, 2.75) is 19.4 Å². The van der Waals surface area contributed by atoms with Crippen molar-refractivity contribution in [2.24, 2.45) is 0 Å². The van der Waals surface area contributed by atoms with E-state index in [-0.39, 0.29) is 18.9 Å². The van der Waals surface area contributed by atoms with Gasteiger partial charge in [-0.2, -0.15) is 0 Å². The molecule has 0 saturated heterocycles. The largest absolute Gasteiger partial charge is 0.464 e. The molecule has 2 rings (SSSR count). The number of hydrogen-bond donors (Lipinski definition) is 2. The number of halogens is 1. The highest BCUT2D eigenvalue weighted by atomic mass is 35.5. The molecule has 18 heavy (non-hydrogen) atoms. The summed E-state index contributed by atoms with van der Waals surface area (Å²) in [7, 11) is 0. The van der Waals surface area contributed by atoms with Crippen molar-refractivity contribution in [3.8, 4) is 0 Å². The van der Waals surface area contributed by atoms with Crippen LogP contribution in [0.4, 0.5) is 5.69 Å². The van der Waals surface area contributed by atoms with E-state index in [1.54, 1.807) is 13.0 Å². The smallest absolute Gasteiger partial charge is 0.339 e. The van der Waals surface area contributed by atoms with Crippen molar-refractivity contribution < 1.29 is 19.4 Å². The molecule has 0 bridgehead atoms. The van der Waals surface area contributed by atoms with Crippen molar-refractivity contribution in [1.29, 1.82) is 0 Å². The molecule has 0 aliphatic carbocycles. The minimum Gasteiger partial charge on any atom is -0.464 e. The molecule has 1 unspecified atom stereocenters. The molecule has 5 nitrogen and oxygen atoms in total. The first-order chi connectivity index (χ1) is 8.52. The monoisotopic (exact) mass is 269 g/mol. The van der Waals surface area contributed by atoms with E-state index in [1.807, 2.05) is 0 Å². The van der Waals surface area contributed by atoms with Crippen LogP contribution in [-0.4, -0.2) is 23.6 Å². The fourth-order valence-electron chi connectivity index (χ4n) is 1.84. The molecule has 0 saturated carbocycles. The van der Waals surface area contributed by atoms with Crippen LogP contribution >= 0.6 is 11.6 Å². The maximum atomic E-state index is 11.4. The summed E-state index contributed by atoms with van der Waals surface area (Å²) in [5.74, 6) is -0.888. The van der Waals surface area contributed by atoms with Crippen LogP contribution in [0.15, 0.2) is 12.1 Å². The Hall–Kier alpha value is -1.59. The highest BCUT2D eigenvalue weighted by molar-refractivity contribution is 6.34. The van der Waals surface area contributed by atoms with Gasteiger partial charge in [-0.05, 0) is 30.2 Å². The third-order valence-corrected chi connectivity index (χ3v) is 2.93. The number of fused-ring (bicyclic) bond motifs is 1. The standard InChI is InChI=1S/C12H12ClNO4/c1-2-18-12(17)11(16)7-3-6-5-9(15)14-10(6)8(13)4-7/h3-4,11,16H,2,5H2,1H3,(H,14,15). The number of carbonyl (C=O) groups is 2. The lowest BCUT2D eigenvalue weighted by Gasteiger charge is -2.12. The number of amides is 1. The van der Waals surface area contributed by atoms with Crippen molar-refractivity contribution >= 4 is 29.2 Å². The van der Waals surface area contributed by atoms with Crippen LogP contribution in [0.2, 0.25) is 5.02 Å². The number of aliphatic hydroxyl groups excluding tert-OH is 1. The predicted molar refractivity (Wildman–Crippen MR) is 65.4 cm³/mol. The van der Waals surface area contributed by atoms with Crippen LogP contribution in [0.1, 0.15) is 24.2 Å². The lowest BCUT2D eigenvalue weighted by atomic mass is 10.0. The predicted octanol–water partition coefficient (Wildman–Crippen LogP) is 1.43. The summed E-state index contributed by atoms with van der Waals surface area (Å²) in [5.41, 5.74) is 1.54. The molecule has 96 valence electrons. The minimum absolute atomic E-state index is 0.158. The van der Waals surface area contributed by atoms with Gasteiger partial charge in [0.25, 0.3) is 0 Å². The Morgan fingerprint density at radius 3 is 3.00 bits per heavy atom. The molecule has 0 radical (unpaired) electrons. The van der Waals surface area contributed by atoms with Gasteiger partial charge in [-0.25, -0.2) is 4.79 Å². The van der Waals surface area contributed by atoms with E-state index in [4.69, 9.17) is 16.3 Å². The molecule has 2 N–H and O–H groups in total. The fourth-order valence-corrected chi connectivity index (χ4v) is 2.13. The van der Waals surface area contributed by atoms with Gasteiger partial charge in [-0.15, -0.1) is 0 Å². The second-order valence-electron chi connectivity index (χ2n) is 3.92. The molecule has 0 fully saturated rings. The summed E-state index contributed by atoms with van der Waals surface area (Å²) >= 11 is 5.99. The van der Waals surface area contributed by atoms with E-state index in [0.29, 0.717) is 21.8 Å². The Balaban J connectivity index is 2.31. The van der Waals surface area contributed by atoms with Gasteiger partial charge in [0.15, 0.2) is 6.10 Å². The van der Waals surface area contributed by atoms with Crippen LogP contribution in [0, 0.1) is 0 Å². The average Bonchev–Trinajstić information content (AvgIpc) is 2.69. The number of nitrogens with one attached hydrogen (secondary N) is 1. The number of carbonyl (C=O) groups excluding carboxylic acids is 2. The summed E-state index contributed by atoms with van der Waals surface area (Å²) in [5, 5.41) is 12.7. The van der Waals surface area contributed by atoms with Crippen LogP contribution in [-0.2, 0) is 20.7 Å². The molecule has 1 aliphatic rings. The van der Waals surface area contributed by atoms with Crippen LogP contribution in [0.3, 0.4) is 0 Å². The molecule has 0 spiro atoms. The first-order valence-corrected chi connectivity index (χ1v) is 5.87. The van der Waals surface area contributed by atoms with Crippen molar-refractivity contribution in [2.75, 3.05) is 11.9 Å². The SMILES string of the molecule is CCOC(=O)C(O)c1cc(Cl)c2c(c1)CC(=O)N2. The lowest BCUT2D eigenvalue weighted by molar-refractivity contribution is -0.153. The normalized spacial score (nSPS) is 14.9. The van der Waals surface area contributed by atoms with Gasteiger partial charge < -0.3 is 15.2 Å². The van der Waals surface area contributed by atoms with E-state index in [0.717, 1.165) is 0 Å². The lowest BCUT2D eigenvalue weighted by Crippen LogP contribution is -2.15. The highest BCUT2D eigenvalue weighted by Gasteiger charge is 2.25. The first kappa shape index (κ1) is 12.9. The number of rotatable bonds is 3. The second-order valence-corrected chi connectivity index (χ2v) is 4.32. The highest BCUT2D eigenvalue weighted by Crippen LogP contribution is 2.34. The van der Waals surface area contributed by atoms with Gasteiger partial charge in [-0.1, -0.05) is 11.6 Å². The summed E-state index contributed by atoms with van der Waals surface area (Å²) in [6.07, 6.45) is -1.19. The maximum Gasteiger partial charge on any atom is 0.339 e. The molecular weight excluding hydrogens is 258 g/mol. The van der Waals surface area contributed by atoms with Crippen LogP contribution in [0.5, 0.6) is 0 Å². The molecular formula is C12H12ClNO4. The number of benzene rings is 1. The molecule has 1 aromatic rings. The summed E-state index contributed by atoms with van der Waals surface area (Å²) < 4.78 is 4.72. The number of aliphatic hydroxyl groups is 1. The fraction of sp³-hybridized carbons (Fsp3) is 0.333. The molecule has 1 amide bonds. The Labute approximate surface area is 109 Å². The van der Waals surface area contributed by atoms with Gasteiger partial charge in [-0.3, -0.25) is 4.79 Å². The quantitative estimate of drug-likeness (QED) is 0.814. The number of esters is 1. The van der Waals surface area contributed by atoms with Gasteiger partial charge in [0, 0.05) is 0 Å². The summed E-state index contributed by atoms with van der Waals surface area (Å²) in [6.45, 7) is 1.84. The molecule has 1 aromatic carbocycles. The third-order valence-electron chi connectivity index (χ3n) is 2.64. The van der Waals surface area contributed by atoms with Crippen molar-refractivity contribution in [3.05, 3.63) is 28.3 Å². The maximum absolute atomic E-state index is 11.4. The number of hydrogen-bond acceptors (Lipinski definition) is 4. The second kappa shape index (κ2) is 4.96. The van der Waals surface area contributed by atoms with E-state index < -0.39 is 12.1 Å². The van der Waals surface area contributed by atoms with Gasteiger partial charge in [0.1, 0.15) is 0 Å². The van der Waals surface area contributed by atoms with Gasteiger partial charge >= 0.3 is 5.97 Å². The minimum atomic E-state index is -1.39. The average molecular weight is 270 g/mol. The van der Waals surface area contributed by atoms with Crippen molar-refractivity contribution in [1.82, 2.24) is 0 Å². The topological polar surface area (TPSA) is 75.6 Å². The van der Waals surface area contributed by atoms with Crippen LogP contribution < -0.4 is 5.32 Å². The molecule has 0 aromatic heterocycles. The van der Waals surface area contributed by atoms with Gasteiger partial charge in [0.2, 0.25) is 5.91 Å². The van der Waals surface area contributed by atoms with E-state index in [9.17, 15) is 14.7 Å². The summed E-state index contributed by atoms with van der Waals surface area (Å²) in [6, 6.07) is 3.04. The Morgan fingerprint density at radius 2 is 2.33 bits per heavy atom. The Bertz CT molecular complexity index is 515. The third kappa shape index (κ3) is 2.32. The number of ether oxygens (including phenoxy) is 1. The van der Waals surface area contributed by atoms with Crippen LogP contribution in [0.25, 0.3) is 0 Å². The molecule has 1 heterocycles. The molecule has 1 aliphatic heterocycles. The zero-order chi connectivity index (χ0) is 13.3. The summed E-state index contributed by atoms with van der Waals surface area (Å²) in [4.78, 5) is 22.7. The van der Waals surface area contributed by atoms with E-state index in [1.165, 1.54) is 6.07 Å². The zero-order valence-electron chi connectivity index (χ0n) is 9.70. The molecule has 6 heteroatoms. The Morgan fingerprint density at radius 1 is 1.61 bits per heavy atom.